The van der Waals surface area contributed by atoms with E-state index in [4.69, 9.17) is 16.6 Å². The second-order valence-corrected chi connectivity index (χ2v) is 14.4. The van der Waals surface area contributed by atoms with Gasteiger partial charge in [0.1, 0.15) is 34.9 Å². The van der Waals surface area contributed by atoms with E-state index in [1.807, 2.05) is 0 Å². The summed E-state index contributed by atoms with van der Waals surface area (Å²) in [6.45, 7) is -0.287. The van der Waals surface area contributed by atoms with Crippen molar-refractivity contribution in [2.45, 2.75) is 37.5 Å². The number of fused-ring (bicyclic) bond motifs is 2. The number of amides is 3. The molecule has 2 aliphatic rings. The zero-order chi connectivity index (χ0) is 44.7. The van der Waals surface area contributed by atoms with Crippen molar-refractivity contribution in [1.29, 1.82) is 0 Å². The maximum atomic E-state index is 14.3. The molecule has 0 saturated heterocycles. The lowest BCUT2D eigenvalue weighted by molar-refractivity contribution is -0.145. The number of carbonyl (C=O) groups is 4. The monoisotopic (exact) mass is 884 g/mol. The van der Waals surface area contributed by atoms with Crippen LogP contribution in [0.5, 0.6) is 0 Å². The molecule has 2 aliphatic carbocycles. The molecule has 4 aromatic carbocycles. The minimum absolute atomic E-state index is 0.0556. The number of carboxylic acids is 1. The van der Waals surface area contributed by atoms with Crippen LogP contribution in [0.25, 0.3) is 44.3 Å². The van der Waals surface area contributed by atoms with E-state index in [1.54, 1.807) is 24.3 Å². The smallest absolute Gasteiger partial charge is 0.306 e. The van der Waals surface area contributed by atoms with Crippen molar-refractivity contribution < 1.29 is 50.6 Å². The molecule has 320 valence electrons. The van der Waals surface area contributed by atoms with Crippen molar-refractivity contribution in [2.75, 3.05) is 13.1 Å². The molecule has 6 aromatic rings. The maximum absolute atomic E-state index is 14.3. The molecule has 0 bridgehead atoms. The first-order valence-corrected chi connectivity index (χ1v) is 19.8. The lowest BCUT2D eigenvalue weighted by Gasteiger charge is -2.35. The topological polar surface area (TPSA) is 210 Å². The number of halogens is 6. The Hall–Kier alpha value is -6.18. The lowest BCUT2D eigenvalue weighted by atomic mass is 9.70. The van der Waals surface area contributed by atoms with Gasteiger partial charge in [-0.25, -0.2) is 26.3 Å². The van der Waals surface area contributed by atoms with Gasteiger partial charge in [0.2, 0.25) is 17.7 Å². The van der Waals surface area contributed by atoms with E-state index in [9.17, 15) is 45.5 Å². The van der Waals surface area contributed by atoms with Crippen LogP contribution in [0.15, 0.2) is 72.8 Å². The predicted molar refractivity (Wildman–Crippen MR) is 221 cm³/mol. The third-order valence-corrected chi connectivity index (χ3v) is 10.4. The average molecular weight is 885 g/mol. The first kappa shape index (κ1) is 45.9. The largest absolute Gasteiger partial charge is 0.481 e. The molecule has 61 heavy (non-hydrogen) atoms. The van der Waals surface area contributed by atoms with Crippen molar-refractivity contribution in [1.82, 2.24) is 15.3 Å². The summed E-state index contributed by atoms with van der Waals surface area (Å²) in [4.78, 5) is 49.5. The number of aromatic nitrogens is 2. The third kappa shape index (κ3) is 10.6. The fourth-order valence-electron chi connectivity index (χ4n) is 7.46. The first-order chi connectivity index (χ1) is 29.0. The summed E-state index contributed by atoms with van der Waals surface area (Å²) in [7, 11) is 0. The van der Waals surface area contributed by atoms with Crippen LogP contribution in [0.1, 0.15) is 48.6 Å². The van der Waals surface area contributed by atoms with Gasteiger partial charge < -0.3 is 37.6 Å². The van der Waals surface area contributed by atoms with Gasteiger partial charge in [-0.15, -0.1) is 0 Å². The van der Waals surface area contributed by atoms with Gasteiger partial charge >= 0.3 is 5.97 Å². The number of primary amides is 2. The molecule has 8 rings (SSSR count). The van der Waals surface area contributed by atoms with Gasteiger partial charge in [-0.2, -0.15) is 0 Å². The summed E-state index contributed by atoms with van der Waals surface area (Å²) in [5, 5.41) is 12.4. The highest BCUT2D eigenvalue weighted by molar-refractivity contribution is 8.07. The number of carbonyl (C=O) groups excluding carboxylic acids is 3. The van der Waals surface area contributed by atoms with Gasteiger partial charge in [0.25, 0.3) is 0 Å². The number of hydrogen-bond acceptors (Lipinski definition) is 7. The molecule has 0 atom stereocenters. The number of nitrogens with two attached hydrogens (primary N) is 3. The second-order valence-electron chi connectivity index (χ2n) is 14.4. The van der Waals surface area contributed by atoms with Crippen LogP contribution in [0.2, 0.25) is 0 Å². The fraction of sp³-hybridized carbons (Fsp3) is 0.238. The summed E-state index contributed by atoms with van der Waals surface area (Å²) < 4.78 is 82.7. The molecule has 3 amide bonds. The first-order valence-electron chi connectivity index (χ1n) is 18.5. The van der Waals surface area contributed by atoms with Crippen molar-refractivity contribution in [3.05, 3.63) is 119 Å². The van der Waals surface area contributed by atoms with E-state index in [1.165, 1.54) is 36.4 Å². The van der Waals surface area contributed by atoms with Gasteiger partial charge in [-0.3, -0.25) is 19.2 Å². The average Bonchev–Trinajstić information content (AvgIpc) is 3.74. The fourth-order valence-corrected chi connectivity index (χ4v) is 7.46. The zero-order valence-electron chi connectivity index (χ0n) is 31.9. The molecule has 2 heterocycles. The van der Waals surface area contributed by atoms with Crippen LogP contribution in [-0.2, 0) is 41.6 Å². The van der Waals surface area contributed by atoms with Crippen LogP contribution >= 0.6 is 0 Å². The molecule has 2 aromatic heterocycles. The number of aromatic amines is 2. The van der Waals surface area contributed by atoms with Crippen molar-refractivity contribution in [3.63, 3.8) is 0 Å². The van der Waals surface area contributed by atoms with Gasteiger partial charge in [0.05, 0.1) is 41.4 Å². The Labute approximate surface area is 353 Å². The van der Waals surface area contributed by atoms with E-state index in [0.29, 0.717) is 70.1 Å². The molecule has 0 aliphatic heterocycles. The summed E-state index contributed by atoms with van der Waals surface area (Å²) in [5.74, 6) is -6.85. The standard InChI is InChI=1S/C21H18F3N3O2.C19H14F3NO2.C2H6N2O.S2/c22-13-3-1-10(2-4-13)19-18(15-7-14(23)8-16(24)20(15)27-19)11-5-12(6-11)21(29)26-9-17(25)28;20-12-3-1-9(2-4-12)17-16(10-5-11(6-10)19(24)25)14-7-13(21)8-15(22)18(14)23-17;3-1-2(4)5;1-2/h1-4,7-8,11-12,27H,5-6,9H2,(H2,25,28)(H,26,29);1-4,7-8,10-11,23H,5-6H2,(H,24,25);1,3H2,(H2,4,5);. The minimum Gasteiger partial charge on any atom is -0.481 e. The van der Waals surface area contributed by atoms with Crippen LogP contribution < -0.4 is 22.5 Å². The molecular weight excluding hydrogens is 847 g/mol. The van der Waals surface area contributed by atoms with Gasteiger partial charge in [-0.1, -0.05) is 0 Å². The molecule has 2 fully saturated rings. The molecule has 0 radical (unpaired) electrons. The highest BCUT2D eigenvalue weighted by Crippen LogP contribution is 2.49. The Morgan fingerprint density at radius 2 is 1.00 bits per heavy atom. The van der Waals surface area contributed by atoms with E-state index in [2.05, 4.69) is 43.4 Å². The number of H-pyrrole nitrogens is 2. The molecule has 0 spiro atoms. The van der Waals surface area contributed by atoms with Crippen molar-refractivity contribution in [3.8, 4) is 22.5 Å². The Bertz CT molecular complexity index is 2580. The number of carboxylic acid groups (broad SMARTS) is 1. The van der Waals surface area contributed by atoms with Crippen LogP contribution in [-0.4, -0.2) is 51.9 Å². The van der Waals surface area contributed by atoms with Crippen LogP contribution in [0.4, 0.5) is 26.3 Å². The minimum atomic E-state index is -0.864. The molecular formula is C42H38F6N6O5S2. The van der Waals surface area contributed by atoms with Gasteiger partial charge in [-0.05, 0) is 120 Å². The summed E-state index contributed by atoms with van der Waals surface area (Å²) in [5.41, 5.74) is 18.4. The van der Waals surface area contributed by atoms with Crippen LogP contribution in [0, 0.1) is 46.7 Å². The lowest BCUT2D eigenvalue weighted by Crippen LogP contribution is -2.41. The number of aliphatic carboxylic acids is 1. The molecule has 2 saturated carbocycles. The zero-order valence-corrected chi connectivity index (χ0v) is 33.5. The molecule has 10 N–H and O–H groups in total. The summed E-state index contributed by atoms with van der Waals surface area (Å²) >= 11 is 7.33. The van der Waals surface area contributed by atoms with E-state index < -0.39 is 58.6 Å². The van der Waals surface area contributed by atoms with E-state index >= 15 is 0 Å². The van der Waals surface area contributed by atoms with Gasteiger partial charge in [0, 0.05) is 51.2 Å². The Kier molecular flexibility index (Phi) is 15.0. The Morgan fingerprint density at radius 3 is 1.34 bits per heavy atom. The Balaban J connectivity index is 0.000000202. The Morgan fingerprint density at radius 1 is 0.623 bits per heavy atom. The number of rotatable bonds is 9. The SMILES string of the molecule is NC(=O)CNC(=O)C1CC(c2c(-c3ccc(F)cc3)[nH]c3c(F)cc(F)cc23)C1.NCC(N)=O.O=C(O)C1CC(c2c(-c3ccc(F)cc3)[nH]c3c(F)cc(F)cc23)C1.S=S. The number of hydrogen-bond donors (Lipinski definition) is 7. The number of benzene rings is 4. The van der Waals surface area contributed by atoms with Crippen molar-refractivity contribution >= 4 is 67.9 Å². The molecule has 11 nitrogen and oxygen atoms in total. The predicted octanol–water partition coefficient (Wildman–Crippen LogP) is 6.60. The van der Waals surface area contributed by atoms with Gasteiger partial charge in [0.15, 0.2) is 0 Å². The summed E-state index contributed by atoms with van der Waals surface area (Å²) in [6.07, 6.45) is 1.75. The molecule has 0 unspecified atom stereocenters. The van der Waals surface area contributed by atoms with Crippen molar-refractivity contribution in [2.24, 2.45) is 29.0 Å². The molecule has 19 heteroatoms. The normalized spacial score (nSPS) is 17.6. The maximum Gasteiger partial charge on any atom is 0.306 e. The highest BCUT2D eigenvalue weighted by Gasteiger charge is 2.39. The second kappa shape index (κ2) is 19.9. The van der Waals surface area contributed by atoms with E-state index in [0.717, 1.165) is 12.1 Å². The summed E-state index contributed by atoms with van der Waals surface area (Å²) in [6, 6.07) is 15.5. The third-order valence-electron chi connectivity index (χ3n) is 10.4. The number of nitrogens with one attached hydrogen (secondary N) is 3. The quantitative estimate of drug-likeness (QED) is 0.0785. The van der Waals surface area contributed by atoms with Crippen LogP contribution in [0.3, 0.4) is 0 Å². The highest BCUT2D eigenvalue weighted by atomic mass is 32.8. The van der Waals surface area contributed by atoms with E-state index in [-0.39, 0.29) is 47.8 Å².